The van der Waals surface area contributed by atoms with Gasteiger partial charge in [0.05, 0.1) is 0 Å². The van der Waals surface area contributed by atoms with Gasteiger partial charge in [0.15, 0.2) is 0 Å². The summed E-state index contributed by atoms with van der Waals surface area (Å²) in [4.78, 5) is 0. The van der Waals surface area contributed by atoms with Crippen LogP contribution in [0.5, 0.6) is 0 Å². The van der Waals surface area contributed by atoms with E-state index in [0.717, 1.165) is 25.1 Å². The molecular weight excluding hydrogens is 189 g/mol. The predicted molar refractivity (Wildman–Crippen MR) is 51.6 cm³/mol. The van der Waals surface area contributed by atoms with Crippen LogP contribution in [-0.2, 0) is 0 Å². The Morgan fingerprint density at radius 2 is 2.31 bits per heavy atom. The Morgan fingerprint density at radius 3 is 3.00 bits per heavy atom. The van der Waals surface area contributed by atoms with E-state index in [4.69, 9.17) is 11.6 Å². The van der Waals surface area contributed by atoms with E-state index < -0.39 is 0 Å². The summed E-state index contributed by atoms with van der Waals surface area (Å²) in [6.07, 6.45) is 0.997. The van der Waals surface area contributed by atoms with Gasteiger partial charge < -0.3 is 5.32 Å². The van der Waals surface area contributed by atoms with Crippen molar-refractivity contribution in [1.82, 2.24) is 5.32 Å². The Morgan fingerprint density at radius 1 is 1.46 bits per heavy atom. The minimum atomic E-state index is -0.141. The summed E-state index contributed by atoms with van der Waals surface area (Å²) in [6.45, 7) is 1.83. The molecule has 70 valence electrons. The van der Waals surface area contributed by atoms with Gasteiger partial charge in [-0.2, -0.15) is 0 Å². The summed E-state index contributed by atoms with van der Waals surface area (Å²) in [5.74, 6) is 0.150. The third-order valence-corrected chi connectivity index (χ3v) is 2.69. The molecule has 1 aliphatic rings. The zero-order chi connectivity index (χ0) is 9.26. The van der Waals surface area contributed by atoms with Crippen molar-refractivity contribution >= 4 is 11.6 Å². The van der Waals surface area contributed by atoms with Crippen LogP contribution in [0.2, 0.25) is 5.02 Å². The van der Waals surface area contributed by atoms with E-state index >= 15 is 0 Å². The molecule has 1 heterocycles. The van der Waals surface area contributed by atoms with Gasteiger partial charge in [0.1, 0.15) is 5.82 Å². The molecule has 0 aliphatic carbocycles. The summed E-state index contributed by atoms with van der Waals surface area (Å²) >= 11 is 5.81. The highest BCUT2D eigenvalue weighted by Crippen LogP contribution is 2.27. The maximum Gasteiger partial charge on any atom is 0.126 e. The third kappa shape index (κ3) is 1.84. The first-order valence-electron chi connectivity index (χ1n) is 4.43. The maximum absolute atomic E-state index is 13.3. The van der Waals surface area contributed by atoms with E-state index in [1.54, 1.807) is 12.1 Å². The number of hydrogen-bond acceptors (Lipinski definition) is 1. The summed E-state index contributed by atoms with van der Waals surface area (Å²) in [6, 6.07) is 4.76. The van der Waals surface area contributed by atoms with Crippen LogP contribution in [0.4, 0.5) is 4.39 Å². The van der Waals surface area contributed by atoms with Gasteiger partial charge in [-0.3, -0.25) is 0 Å². The van der Waals surface area contributed by atoms with Crippen molar-refractivity contribution in [2.75, 3.05) is 13.1 Å². The molecule has 1 aromatic rings. The quantitative estimate of drug-likeness (QED) is 0.733. The van der Waals surface area contributed by atoms with Crippen LogP contribution in [0.3, 0.4) is 0 Å². The van der Waals surface area contributed by atoms with Crippen molar-refractivity contribution in [2.24, 2.45) is 0 Å². The van der Waals surface area contributed by atoms with Crippen LogP contribution in [0.25, 0.3) is 0 Å². The zero-order valence-corrected chi connectivity index (χ0v) is 7.94. The van der Waals surface area contributed by atoms with Crippen molar-refractivity contribution in [1.29, 1.82) is 0 Å². The molecule has 1 aliphatic heterocycles. The SMILES string of the molecule is Fc1ccc(Cl)cc1[C@H]1CCNC1. The molecule has 1 saturated heterocycles. The smallest absolute Gasteiger partial charge is 0.126 e. The van der Waals surface area contributed by atoms with E-state index in [0.29, 0.717) is 10.9 Å². The van der Waals surface area contributed by atoms with Crippen molar-refractivity contribution in [3.63, 3.8) is 0 Å². The van der Waals surface area contributed by atoms with Crippen LogP contribution < -0.4 is 5.32 Å². The molecule has 1 aromatic carbocycles. The van der Waals surface area contributed by atoms with Crippen LogP contribution in [-0.4, -0.2) is 13.1 Å². The highest BCUT2D eigenvalue weighted by atomic mass is 35.5. The average Bonchev–Trinajstić information content (AvgIpc) is 2.61. The number of nitrogens with one attached hydrogen (secondary N) is 1. The van der Waals surface area contributed by atoms with E-state index in [9.17, 15) is 4.39 Å². The second-order valence-electron chi connectivity index (χ2n) is 3.36. The molecule has 1 fully saturated rings. The summed E-state index contributed by atoms with van der Waals surface area (Å²) < 4.78 is 13.3. The first kappa shape index (κ1) is 8.97. The molecule has 1 N–H and O–H groups in total. The lowest BCUT2D eigenvalue weighted by atomic mass is 9.98. The molecule has 1 nitrogen and oxygen atoms in total. The molecule has 13 heavy (non-hydrogen) atoms. The third-order valence-electron chi connectivity index (χ3n) is 2.46. The highest BCUT2D eigenvalue weighted by Gasteiger charge is 2.19. The molecule has 2 rings (SSSR count). The van der Waals surface area contributed by atoms with E-state index in [-0.39, 0.29) is 5.82 Å². The second kappa shape index (κ2) is 3.64. The van der Waals surface area contributed by atoms with Crippen molar-refractivity contribution < 1.29 is 4.39 Å². The monoisotopic (exact) mass is 199 g/mol. The minimum Gasteiger partial charge on any atom is -0.316 e. The number of hydrogen-bond donors (Lipinski definition) is 1. The number of benzene rings is 1. The van der Waals surface area contributed by atoms with Crippen LogP contribution in [0.15, 0.2) is 18.2 Å². The van der Waals surface area contributed by atoms with Gasteiger partial charge in [-0.25, -0.2) is 4.39 Å². The molecule has 0 amide bonds. The first-order chi connectivity index (χ1) is 6.27. The fourth-order valence-corrected chi connectivity index (χ4v) is 1.93. The van der Waals surface area contributed by atoms with E-state index in [2.05, 4.69) is 5.32 Å². The Hall–Kier alpha value is -0.600. The van der Waals surface area contributed by atoms with Gasteiger partial charge >= 0.3 is 0 Å². The standard InChI is InChI=1S/C10H11ClFN/c11-8-1-2-10(12)9(5-8)7-3-4-13-6-7/h1-2,5,7,13H,3-4,6H2/t7-/m0/s1. The van der Waals surface area contributed by atoms with E-state index in [1.807, 2.05) is 0 Å². The molecule has 1 atom stereocenters. The van der Waals surface area contributed by atoms with E-state index in [1.165, 1.54) is 6.07 Å². The molecule has 0 aromatic heterocycles. The molecule has 0 bridgehead atoms. The average molecular weight is 200 g/mol. The van der Waals surface area contributed by atoms with Crippen LogP contribution in [0, 0.1) is 5.82 Å². The first-order valence-corrected chi connectivity index (χ1v) is 4.81. The van der Waals surface area contributed by atoms with Gasteiger partial charge in [-0.1, -0.05) is 11.6 Å². The fraction of sp³-hybridized carbons (Fsp3) is 0.400. The van der Waals surface area contributed by atoms with Gasteiger partial charge in [0.2, 0.25) is 0 Å². The Labute approximate surface area is 81.9 Å². The summed E-state index contributed by atoms with van der Waals surface area (Å²) in [7, 11) is 0. The van der Waals surface area contributed by atoms with Crippen molar-refractivity contribution in [3.8, 4) is 0 Å². The van der Waals surface area contributed by atoms with Crippen LogP contribution >= 0.6 is 11.6 Å². The summed E-state index contributed by atoms with van der Waals surface area (Å²) in [5.41, 5.74) is 0.748. The minimum absolute atomic E-state index is 0.141. The lowest BCUT2D eigenvalue weighted by Crippen LogP contribution is -2.08. The lowest BCUT2D eigenvalue weighted by Gasteiger charge is -2.09. The molecular formula is C10H11ClFN. The Balaban J connectivity index is 2.32. The molecule has 0 spiro atoms. The molecule has 3 heteroatoms. The van der Waals surface area contributed by atoms with Gasteiger partial charge in [0, 0.05) is 17.5 Å². The molecule has 0 saturated carbocycles. The molecule has 0 unspecified atom stereocenters. The van der Waals surface area contributed by atoms with Gasteiger partial charge in [-0.05, 0) is 36.7 Å². The zero-order valence-electron chi connectivity index (χ0n) is 7.19. The second-order valence-corrected chi connectivity index (χ2v) is 3.79. The van der Waals surface area contributed by atoms with Crippen LogP contribution in [0.1, 0.15) is 17.9 Å². The predicted octanol–water partition coefficient (Wildman–Crippen LogP) is 2.56. The fourth-order valence-electron chi connectivity index (χ4n) is 1.75. The number of rotatable bonds is 1. The van der Waals surface area contributed by atoms with Gasteiger partial charge in [-0.15, -0.1) is 0 Å². The maximum atomic E-state index is 13.3. The Bertz CT molecular complexity index is 308. The topological polar surface area (TPSA) is 12.0 Å². The van der Waals surface area contributed by atoms with Crippen molar-refractivity contribution in [3.05, 3.63) is 34.6 Å². The molecule has 0 radical (unpaired) electrons. The normalized spacial score (nSPS) is 22.2. The highest BCUT2D eigenvalue weighted by molar-refractivity contribution is 6.30. The Kier molecular flexibility index (Phi) is 2.51. The lowest BCUT2D eigenvalue weighted by molar-refractivity contribution is 0.588. The summed E-state index contributed by atoms with van der Waals surface area (Å²) in [5, 5.41) is 3.82. The van der Waals surface area contributed by atoms with Crippen molar-refractivity contribution in [2.45, 2.75) is 12.3 Å². The largest absolute Gasteiger partial charge is 0.316 e. The van der Waals surface area contributed by atoms with Gasteiger partial charge in [0.25, 0.3) is 0 Å². The number of halogens is 2.